The zero-order valence-electron chi connectivity index (χ0n) is 14.9. The number of nitrogens with one attached hydrogen (secondary N) is 1. The van der Waals surface area contributed by atoms with E-state index in [2.05, 4.69) is 4.98 Å². The fraction of sp³-hybridized carbons (Fsp3) is 0.789. The minimum Gasteiger partial charge on any atom is -0.493 e. The van der Waals surface area contributed by atoms with Crippen LogP contribution in [0.25, 0.3) is 0 Å². The van der Waals surface area contributed by atoms with Gasteiger partial charge in [-0.15, -0.1) is 0 Å². The summed E-state index contributed by atoms with van der Waals surface area (Å²) in [7, 11) is 0. The Bertz CT molecular complexity index is 636. The molecule has 1 atom stereocenters. The molecule has 0 saturated heterocycles. The maximum Gasteiger partial charge on any atom is 0.329 e. The van der Waals surface area contributed by atoms with Crippen LogP contribution in [-0.2, 0) is 11.2 Å². The Morgan fingerprint density at radius 3 is 2.16 bits per heavy atom. The monoisotopic (exact) mass is 350 g/mol. The van der Waals surface area contributed by atoms with Crippen molar-refractivity contribution in [1.82, 2.24) is 9.55 Å². The molecule has 25 heavy (non-hydrogen) atoms. The first-order chi connectivity index (χ1) is 12.1. The number of rotatable bonds is 6. The van der Waals surface area contributed by atoms with Crippen molar-refractivity contribution >= 4 is 5.97 Å². The van der Waals surface area contributed by atoms with E-state index in [9.17, 15) is 19.8 Å². The fourth-order valence-corrected chi connectivity index (χ4v) is 4.71. The fourth-order valence-electron chi connectivity index (χ4n) is 4.71. The molecule has 2 saturated carbocycles. The predicted molar refractivity (Wildman–Crippen MR) is 94.9 cm³/mol. The lowest BCUT2D eigenvalue weighted by Gasteiger charge is -2.27. The Kier molecular flexibility index (Phi) is 5.86. The lowest BCUT2D eigenvalue weighted by atomic mass is 9.84. The molecule has 6 nitrogen and oxygen atoms in total. The first kappa shape index (κ1) is 18.1. The van der Waals surface area contributed by atoms with Crippen LogP contribution < -0.4 is 5.69 Å². The molecule has 0 radical (unpaired) electrons. The Balaban J connectivity index is 1.84. The largest absolute Gasteiger partial charge is 0.493 e. The number of carboxylic acid groups (broad SMARTS) is 1. The Morgan fingerprint density at radius 2 is 1.60 bits per heavy atom. The van der Waals surface area contributed by atoms with Crippen molar-refractivity contribution in [2.45, 2.75) is 83.1 Å². The standard InChI is InChI=1S/C19H30N2O4/c22-17-15(11-13-7-3-1-4-8-13)21(19(25)20-17)16(18(23)24)12-14-9-5-2-6-10-14/h13-14,16,22H,1-12H2,(H,20,25)(H,23,24)/t16-/m0/s1. The maximum atomic E-state index is 12.4. The van der Waals surface area contributed by atoms with Crippen molar-refractivity contribution in [2.24, 2.45) is 11.8 Å². The summed E-state index contributed by atoms with van der Waals surface area (Å²) in [5.74, 6) is -0.353. The zero-order valence-corrected chi connectivity index (χ0v) is 14.9. The number of imidazole rings is 1. The molecule has 0 spiro atoms. The molecule has 140 valence electrons. The van der Waals surface area contributed by atoms with Gasteiger partial charge in [0.2, 0.25) is 5.88 Å². The van der Waals surface area contributed by atoms with Crippen molar-refractivity contribution in [1.29, 1.82) is 0 Å². The van der Waals surface area contributed by atoms with Crippen LogP contribution in [0.4, 0.5) is 0 Å². The summed E-state index contributed by atoms with van der Waals surface area (Å²) in [6, 6.07) is -0.883. The normalized spacial score (nSPS) is 21.3. The first-order valence-electron chi connectivity index (χ1n) is 9.81. The second kappa shape index (κ2) is 8.11. The van der Waals surface area contributed by atoms with Gasteiger partial charge in [0, 0.05) is 0 Å². The van der Waals surface area contributed by atoms with E-state index in [0.29, 0.717) is 30.4 Å². The smallest absolute Gasteiger partial charge is 0.329 e. The molecule has 1 aromatic heterocycles. The van der Waals surface area contributed by atoms with E-state index in [1.54, 1.807) is 0 Å². The van der Waals surface area contributed by atoms with Gasteiger partial charge in [0.05, 0.1) is 5.69 Å². The molecule has 0 unspecified atom stereocenters. The van der Waals surface area contributed by atoms with Gasteiger partial charge in [0.15, 0.2) is 0 Å². The van der Waals surface area contributed by atoms with E-state index in [4.69, 9.17) is 0 Å². The lowest BCUT2D eigenvalue weighted by molar-refractivity contribution is -0.141. The van der Waals surface area contributed by atoms with Crippen LogP contribution in [0.1, 0.15) is 82.4 Å². The van der Waals surface area contributed by atoms with Gasteiger partial charge in [-0.25, -0.2) is 9.59 Å². The van der Waals surface area contributed by atoms with Crippen molar-refractivity contribution in [3.05, 3.63) is 16.2 Å². The minimum atomic E-state index is -0.975. The Labute approximate surface area is 148 Å². The van der Waals surface area contributed by atoms with E-state index < -0.39 is 17.7 Å². The number of carbonyl (C=O) groups is 1. The maximum absolute atomic E-state index is 12.4. The molecule has 1 heterocycles. The van der Waals surface area contributed by atoms with Gasteiger partial charge < -0.3 is 10.2 Å². The van der Waals surface area contributed by atoms with Crippen molar-refractivity contribution in [3.8, 4) is 5.88 Å². The van der Waals surface area contributed by atoms with Crippen LogP contribution >= 0.6 is 0 Å². The summed E-state index contributed by atoms with van der Waals surface area (Å²) in [6.45, 7) is 0. The van der Waals surface area contributed by atoms with Gasteiger partial charge in [-0.3, -0.25) is 9.55 Å². The summed E-state index contributed by atoms with van der Waals surface area (Å²) in [6.07, 6.45) is 12.4. The number of aromatic nitrogens is 2. The van der Waals surface area contributed by atoms with Crippen molar-refractivity contribution < 1.29 is 15.0 Å². The van der Waals surface area contributed by atoms with E-state index in [1.807, 2.05) is 0 Å². The number of aromatic hydroxyl groups is 1. The summed E-state index contributed by atoms with van der Waals surface area (Å²) < 4.78 is 1.33. The molecule has 0 aromatic carbocycles. The SMILES string of the molecule is O=C(O)[C@H](CC1CCCCC1)n1c(CC2CCCCC2)c(O)[nH]c1=O. The number of nitrogens with zero attached hydrogens (tertiary/aromatic N) is 1. The van der Waals surface area contributed by atoms with Crippen LogP contribution in [0.15, 0.2) is 4.79 Å². The van der Waals surface area contributed by atoms with Gasteiger partial charge in [-0.05, 0) is 24.7 Å². The molecule has 6 heteroatoms. The first-order valence-corrected chi connectivity index (χ1v) is 9.81. The number of hydrogen-bond donors (Lipinski definition) is 3. The highest BCUT2D eigenvalue weighted by molar-refractivity contribution is 5.72. The summed E-state index contributed by atoms with van der Waals surface area (Å²) in [5, 5.41) is 20.0. The van der Waals surface area contributed by atoms with Crippen LogP contribution in [-0.4, -0.2) is 25.7 Å². The molecular formula is C19H30N2O4. The third kappa shape index (κ3) is 4.28. The lowest BCUT2D eigenvalue weighted by Crippen LogP contribution is -2.32. The number of carboxylic acids is 1. The molecule has 0 amide bonds. The second-order valence-corrected chi connectivity index (χ2v) is 7.90. The highest BCUT2D eigenvalue weighted by Crippen LogP contribution is 2.34. The van der Waals surface area contributed by atoms with Crippen molar-refractivity contribution in [3.63, 3.8) is 0 Å². The number of aromatic amines is 1. The molecule has 2 aliphatic carbocycles. The van der Waals surface area contributed by atoms with Crippen LogP contribution in [0, 0.1) is 11.8 Å². The summed E-state index contributed by atoms with van der Waals surface area (Å²) >= 11 is 0. The zero-order chi connectivity index (χ0) is 17.8. The quantitative estimate of drug-likeness (QED) is 0.730. The van der Waals surface area contributed by atoms with Crippen LogP contribution in [0.2, 0.25) is 0 Å². The average molecular weight is 350 g/mol. The van der Waals surface area contributed by atoms with Gasteiger partial charge in [-0.2, -0.15) is 0 Å². The van der Waals surface area contributed by atoms with Gasteiger partial charge in [0.1, 0.15) is 6.04 Å². The molecule has 3 N–H and O–H groups in total. The van der Waals surface area contributed by atoms with E-state index in [0.717, 1.165) is 38.5 Å². The Morgan fingerprint density at radius 1 is 1.04 bits per heavy atom. The molecule has 1 aromatic rings. The van der Waals surface area contributed by atoms with Gasteiger partial charge in [-0.1, -0.05) is 64.2 Å². The summed E-state index contributed by atoms with van der Waals surface area (Å²) in [4.78, 5) is 26.7. The molecule has 2 fully saturated rings. The van der Waals surface area contributed by atoms with E-state index >= 15 is 0 Å². The molecule has 2 aliphatic rings. The summed E-state index contributed by atoms with van der Waals surface area (Å²) in [5.41, 5.74) is -0.00775. The molecule has 3 rings (SSSR count). The van der Waals surface area contributed by atoms with E-state index in [1.165, 1.54) is 30.3 Å². The number of H-pyrrole nitrogens is 1. The highest BCUT2D eigenvalue weighted by atomic mass is 16.4. The van der Waals surface area contributed by atoms with Gasteiger partial charge in [0.25, 0.3) is 0 Å². The molecular weight excluding hydrogens is 320 g/mol. The number of hydrogen-bond acceptors (Lipinski definition) is 3. The van der Waals surface area contributed by atoms with Crippen LogP contribution in [0.5, 0.6) is 5.88 Å². The third-order valence-corrected chi connectivity index (χ3v) is 6.09. The minimum absolute atomic E-state index is 0.148. The van der Waals surface area contributed by atoms with E-state index in [-0.39, 0.29) is 5.88 Å². The second-order valence-electron chi connectivity index (χ2n) is 7.90. The predicted octanol–water partition coefficient (Wildman–Crippen LogP) is 3.60. The molecule has 0 bridgehead atoms. The highest BCUT2D eigenvalue weighted by Gasteiger charge is 2.31. The average Bonchev–Trinajstić information content (AvgIpc) is 2.88. The van der Waals surface area contributed by atoms with Gasteiger partial charge >= 0.3 is 11.7 Å². The van der Waals surface area contributed by atoms with Crippen molar-refractivity contribution in [2.75, 3.05) is 0 Å². The topological polar surface area (TPSA) is 95.3 Å². The Hall–Kier alpha value is -1.72. The third-order valence-electron chi connectivity index (χ3n) is 6.09. The molecule has 0 aliphatic heterocycles. The number of aliphatic carboxylic acids is 1. The van der Waals surface area contributed by atoms with Crippen LogP contribution in [0.3, 0.4) is 0 Å².